The third-order valence-electron chi connectivity index (χ3n) is 1.68. The summed E-state index contributed by atoms with van der Waals surface area (Å²) >= 11 is 0. The molecule has 0 rings (SSSR count). The fraction of sp³-hybridized carbons (Fsp3) is 1.00. The Morgan fingerprint density at radius 2 is 2.10 bits per heavy atom. The van der Waals surface area contributed by atoms with E-state index in [2.05, 4.69) is 12.2 Å². The molecular formula is C8H19NO. The predicted octanol–water partition coefficient (Wildman–Crippen LogP) is 1.76. The van der Waals surface area contributed by atoms with Gasteiger partial charge in [0.2, 0.25) is 0 Å². The van der Waals surface area contributed by atoms with Crippen molar-refractivity contribution in [3.63, 3.8) is 0 Å². The Balaban J connectivity index is 3.09. The first-order valence-electron chi connectivity index (χ1n) is 4.05. The monoisotopic (exact) mass is 145 g/mol. The molecule has 0 amide bonds. The molecule has 2 nitrogen and oxygen atoms in total. The number of rotatable bonds is 6. The van der Waals surface area contributed by atoms with Gasteiger partial charge in [0.25, 0.3) is 0 Å². The minimum Gasteiger partial charge on any atom is -0.367 e. The van der Waals surface area contributed by atoms with Crippen LogP contribution < -0.4 is 5.32 Å². The van der Waals surface area contributed by atoms with Gasteiger partial charge in [-0.1, -0.05) is 19.8 Å². The first-order valence-corrected chi connectivity index (χ1v) is 4.05. The number of nitrogens with one attached hydrogen (secondary N) is 1. The van der Waals surface area contributed by atoms with E-state index in [-0.39, 0.29) is 6.23 Å². The van der Waals surface area contributed by atoms with E-state index >= 15 is 0 Å². The summed E-state index contributed by atoms with van der Waals surface area (Å²) < 4.78 is 5.13. The van der Waals surface area contributed by atoms with E-state index in [0.29, 0.717) is 0 Å². The van der Waals surface area contributed by atoms with Gasteiger partial charge in [-0.15, -0.1) is 0 Å². The average Bonchev–Trinajstić information content (AvgIpc) is 1.99. The lowest BCUT2D eigenvalue weighted by Gasteiger charge is -2.12. The van der Waals surface area contributed by atoms with E-state index < -0.39 is 0 Å². The summed E-state index contributed by atoms with van der Waals surface area (Å²) in [6.45, 7) is 2.21. The first-order chi connectivity index (χ1) is 4.85. The van der Waals surface area contributed by atoms with E-state index in [1.54, 1.807) is 7.11 Å². The third-order valence-corrected chi connectivity index (χ3v) is 1.68. The van der Waals surface area contributed by atoms with Crippen LogP contribution in [0.1, 0.15) is 32.6 Å². The molecule has 0 aliphatic heterocycles. The highest BCUT2D eigenvalue weighted by Gasteiger charge is 2.00. The number of hydrogen-bond acceptors (Lipinski definition) is 2. The smallest absolute Gasteiger partial charge is 0.107 e. The third kappa shape index (κ3) is 4.77. The molecule has 0 bridgehead atoms. The van der Waals surface area contributed by atoms with Crippen molar-refractivity contribution in [2.45, 2.75) is 38.8 Å². The van der Waals surface area contributed by atoms with Crippen LogP contribution in [0, 0.1) is 0 Å². The molecule has 1 atom stereocenters. The molecule has 62 valence electrons. The lowest BCUT2D eigenvalue weighted by atomic mass is 10.2. The Labute approximate surface area is 64.0 Å². The number of ether oxygens (including phenoxy) is 1. The van der Waals surface area contributed by atoms with Crippen molar-refractivity contribution >= 4 is 0 Å². The minimum absolute atomic E-state index is 0.256. The average molecular weight is 145 g/mol. The van der Waals surface area contributed by atoms with Crippen LogP contribution in [-0.4, -0.2) is 20.4 Å². The van der Waals surface area contributed by atoms with Crippen LogP contribution >= 0.6 is 0 Å². The van der Waals surface area contributed by atoms with Crippen LogP contribution in [0.25, 0.3) is 0 Å². The molecule has 2 heteroatoms. The fourth-order valence-electron chi connectivity index (χ4n) is 0.960. The molecule has 1 N–H and O–H groups in total. The molecule has 0 fully saturated rings. The Bertz CT molecular complexity index is 62.3. The number of methoxy groups -OCH3 is 1. The highest BCUT2D eigenvalue weighted by atomic mass is 16.5. The standard InChI is InChI=1S/C8H19NO/c1-4-5-6-7-8(9-2)10-3/h8-9H,4-7H2,1-3H3. The van der Waals surface area contributed by atoms with Crippen LogP contribution in [0.3, 0.4) is 0 Å². The van der Waals surface area contributed by atoms with Gasteiger partial charge in [-0.25, -0.2) is 0 Å². The van der Waals surface area contributed by atoms with Crippen molar-refractivity contribution in [1.29, 1.82) is 0 Å². The van der Waals surface area contributed by atoms with Crippen LogP contribution in [0.4, 0.5) is 0 Å². The van der Waals surface area contributed by atoms with E-state index in [9.17, 15) is 0 Å². The topological polar surface area (TPSA) is 21.3 Å². The number of hydrogen-bond donors (Lipinski definition) is 1. The van der Waals surface area contributed by atoms with Crippen molar-refractivity contribution in [3.8, 4) is 0 Å². The fourth-order valence-corrected chi connectivity index (χ4v) is 0.960. The van der Waals surface area contributed by atoms with E-state index in [0.717, 1.165) is 6.42 Å². The summed E-state index contributed by atoms with van der Waals surface area (Å²) in [5, 5.41) is 3.09. The zero-order chi connectivity index (χ0) is 7.82. The minimum atomic E-state index is 0.256. The SMILES string of the molecule is CCCCCC(NC)OC. The summed E-state index contributed by atoms with van der Waals surface area (Å²) in [6, 6.07) is 0. The van der Waals surface area contributed by atoms with Crippen molar-refractivity contribution in [2.75, 3.05) is 14.2 Å². The molecule has 0 spiro atoms. The molecule has 0 aromatic rings. The summed E-state index contributed by atoms with van der Waals surface area (Å²) in [7, 11) is 3.67. The second kappa shape index (κ2) is 7.03. The predicted molar refractivity (Wildman–Crippen MR) is 44.0 cm³/mol. The molecule has 0 aliphatic carbocycles. The van der Waals surface area contributed by atoms with Crippen molar-refractivity contribution in [2.24, 2.45) is 0 Å². The van der Waals surface area contributed by atoms with Gasteiger partial charge in [0.1, 0.15) is 6.23 Å². The molecular weight excluding hydrogens is 126 g/mol. The van der Waals surface area contributed by atoms with Gasteiger partial charge < -0.3 is 4.74 Å². The lowest BCUT2D eigenvalue weighted by molar-refractivity contribution is 0.0715. The molecule has 0 saturated carbocycles. The van der Waals surface area contributed by atoms with Crippen LogP contribution in [0.15, 0.2) is 0 Å². The van der Waals surface area contributed by atoms with Gasteiger partial charge in [-0.05, 0) is 19.9 Å². The first kappa shape index (κ1) is 9.92. The van der Waals surface area contributed by atoms with Gasteiger partial charge in [0.15, 0.2) is 0 Å². The zero-order valence-electron chi connectivity index (χ0n) is 7.31. The molecule has 0 radical (unpaired) electrons. The van der Waals surface area contributed by atoms with Gasteiger partial charge in [-0.2, -0.15) is 0 Å². The maximum Gasteiger partial charge on any atom is 0.107 e. The van der Waals surface area contributed by atoms with Crippen LogP contribution in [-0.2, 0) is 4.74 Å². The van der Waals surface area contributed by atoms with Crippen molar-refractivity contribution in [1.82, 2.24) is 5.32 Å². The molecule has 0 heterocycles. The second-order valence-electron chi connectivity index (χ2n) is 2.51. The highest BCUT2D eigenvalue weighted by Crippen LogP contribution is 2.02. The van der Waals surface area contributed by atoms with E-state index in [1.807, 2.05) is 7.05 Å². The van der Waals surface area contributed by atoms with E-state index in [4.69, 9.17) is 4.74 Å². The highest BCUT2D eigenvalue weighted by molar-refractivity contribution is 4.50. The summed E-state index contributed by atoms with van der Waals surface area (Å²) in [5.74, 6) is 0. The van der Waals surface area contributed by atoms with Gasteiger partial charge >= 0.3 is 0 Å². The quantitative estimate of drug-likeness (QED) is 0.454. The molecule has 1 unspecified atom stereocenters. The van der Waals surface area contributed by atoms with Gasteiger partial charge in [0.05, 0.1) is 0 Å². The Morgan fingerprint density at radius 1 is 1.40 bits per heavy atom. The maximum atomic E-state index is 5.13. The Morgan fingerprint density at radius 3 is 2.50 bits per heavy atom. The molecule has 0 aliphatic rings. The number of unbranched alkanes of at least 4 members (excludes halogenated alkanes) is 2. The van der Waals surface area contributed by atoms with E-state index in [1.165, 1.54) is 19.3 Å². The largest absolute Gasteiger partial charge is 0.367 e. The van der Waals surface area contributed by atoms with Crippen LogP contribution in [0.5, 0.6) is 0 Å². The maximum absolute atomic E-state index is 5.13. The molecule has 0 aromatic heterocycles. The van der Waals surface area contributed by atoms with Gasteiger partial charge in [-0.3, -0.25) is 5.32 Å². The normalized spacial score (nSPS) is 13.5. The van der Waals surface area contributed by atoms with Crippen LogP contribution in [0.2, 0.25) is 0 Å². The van der Waals surface area contributed by atoms with Gasteiger partial charge in [0, 0.05) is 7.11 Å². The molecule has 0 saturated heterocycles. The Hall–Kier alpha value is -0.0800. The Kier molecular flexibility index (Phi) is 6.98. The lowest BCUT2D eigenvalue weighted by Crippen LogP contribution is -2.26. The summed E-state index contributed by atoms with van der Waals surface area (Å²) in [6.07, 6.45) is 5.23. The molecule has 0 aromatic carbocycles. The summed E-state index contributed by atoms with van der Waals surface area (Å²) in [5.41, 5.74) is 0. The molecule has 10 heavy (non-hydrogen) atoms. The summed E-state index contributed by atoms with van der Waals surface area (Å²) in [4.78, 5) is 0. The second-order valence-corrected chi connectivity index (χ2v) is 2.51. The van der Waals surface area contributed by atoms with Crippen molar-refractivity contribution in [3.05, 3.63) is 0 Å². The van der Waals surface area contributed by atoms with Crippen molar-refractivity contribution < 1.29 is 4.74 Å². The zero-order valence-corrected chi connectivity index (χ0v) is 7.31.